The Kier molecular flexibility index (Phi) is 12.6. The third-order valence-electron chi connectivity index (χ3n) is 4.79. The summed E-state index contributed by atoms with van der Waals surface area (Å²) in [4.78, 5) is 39.2. The number of carboxylic acid groups (broad SMARTS) is 1. The Balaban J connectivity index is 0.000000283. The van der Waals surface area contributed by atoms with E-state index in [0.29, 0.717) is 24.5 Å². The lowest BCUT2D eigenvalue weighted by Gasteiger charge is -2.08. The Hall–Kier alpha value is -4.78. The molecule has 3 aromatic rings. The number of halogens is 3. The Morgan fingerprint density at radius 2 is 1.74 bits per heavy atom. The van der Waals surface area contributed by atoms with Crippen LogP contribution in [0.5, 0.6) is 11.6 Å². The smallest absolute Gasteiger partial charge is 0.326 e. The molecule has 0 fully saturated rings. The number of aromatic nitrogens is 1. The van der Waals surface area contributed by atoms with Crippen LogP contribution in [0.25, 0.3) is 0 Å². The molecule has 0 saturated heterocycles. The van der Waals surface area contributed by atoms with Gasteiger partial charge in [0.25, 0.3) is 6.43 Å². The highest BCUT2D eigenvalue weighted by atomic mass is 19.3. The number of pyridine rings is 1. The molecule has 39 heavy (non-hydrogen) atoms. The van der Waals surface area contributed by atoms with Gasteiger partial charge in [-0.2, -0.15) is 0 Å². The molecule has 1 heterocycles. The number of aliphatic imine (C=N–C) groups is 1. The molecule has 0 radical (unpaired) electrons. The van der Waals surface area contributed by atoms with E-state index in [1.165, 1.54) is 24.3 Å². The predicted octanol–water partition coefficient (Wildman–Crippen LogP) is 4.56. The summed E-state index contributed by atoms with van der Waals surface area (Å²) >= 11 is 0. The minimum atomic E-state index is -2.45. The molecule has 1 unspecified atom stereocenters. The highest BCUT2D eigenvalue weighted by Gasteiger charge is 2.10. The quantitative estimate of drug-likeness (QED) is 0.157. The molecule has 0 aliphatic heterocycles. The van der Waals surface area contributed by atoms with Crippen LogP contribution in [0.4, 0.5) is 23.7 Å². The van der Waals surface area contributed by atoms with Crippen molar-refractivity contribution in [2.24, 2.45) is 10.9 Å². The minimum absolute atomic E-state index is 0.00680. The summed E-state index contributed by atoms with van der Waals surface area (Å²) in [6.07, 6.45) is 0.0167. The highest BCUT2D eigenvalue weighted by Crippen LogP contribution is 2.22. The van der Waals surface area contributed by atoms with Crippen LogP contribution in [-0.2, 0) is 16.1 Å². The molecule has 13 heteroatoms. The second kappa shape index (κ2) is 16.1. The number of alkyl halides is 2. The predicted molar refractivity (Wildman–Crippen MR) is 136 cm³/mol. The lowest BCUT2D eigenvalue weighted by molar-refractivity contribution is -0.140. The fourth-order valence-corrected chi connectivity index (χ4v) is 2.71. The van der Waals surface area contributed by atoms with Crippen molar-refractivity contribution in [3.05, 3.63) is 83.8 Å². The fraction of sp³-hybridized carbons (Fsp3) is 0.192. The van der Waals surface area contributed by atoms with Crippen LogP contribution in [0.1, 0.15) is 24.5 Å². The molecule has 0 saturated carbocycles. The number of nitrogens with zero attached hydrogens (tertiary/aromatic N) is 2. The lowest BCUT2D eigenvalue weighted by Crippen LogP contribution is -2.33. The fourth-order valence-electron chi connectivity index (χ4n) is 2.71. The Morgan fingerprint density at radius 1 is 1.05 bits per heavy atom. The number of aliphatic carboxylic acids is 1. The van der Waals surface area contributed by atoms with Crippen LogP contribution in [0.2, 0.25) is 0 Å². The zero-order valence-electron chi connectivity index (χ0n) is 20.7. The van der Waals surface area contributed by atoms with Gasteiger partial charge < -0.3 is 15.2 Å². The average Bonchev–Trinajstić information content (AvgIpc) is 2.91. The van der Waals surface area contributed by atoms with Crippen molar-refractivity contribution in [2.45, 2.75) is 19.9 Å². The number of hydrogen-bond donors (Lipinski definition) is 4. The van der Waals surface area contributed by atoms with Crippen molar-refractivity contribution < 1.29 is 37.4 Å². The van der Waals surface area contributed by atoms with E-state index >= 15 is 0 Å². The van der Waals surface area contributed by atoms with E-state index in [-0.39, 0.29) is 17.9 Å². The van der Waals surface area contributed by atoms with Crippen molar-refractivity contribution in [1.29, 1.82) is 0 Å². The van der Waals surface area contributed by atoms with Crippen LogP contribution in [0, 0.1) is 11.7 Å². The van der Waals surface area contributed by atoms with Gasteiger partial charge >= 0.3 is 12.0 Å². The first kappa shape index (κ1) is 30.4. The van der Waals surface area contributed by atoms with Crippen molar-refractivity contribution in [1.82, 2.24) is 20.9 Å². The third-order valence-corrected chi connectivity index (χ3v) is 4.79. The number of amides is 3. The van der Waals surface area contributed by atoms with Gasteiger partial charge in [-0.25, -0.2) is 27.9 Å². The average molecular weight is 546 g/mol. The molecule has 1 atom stereocenters. The zero-order valence-corrected chi connectivity index (χ0v) is 20.7. The van der Waals surface area contributed by atoms with Gasteiger partial charge in [-0.1, -0.05) is 31.2 Å². The molecule has 2 aromatic carbocycles. The van der Waals surface area contributed by atoms with E-state index in [2.05, 4.69) is 20.6 Å². The standard InChI is InChI=1S/C14H11FN4O3.C12H15F2NO2/c15-10-1-6-13(16-7-10)22-12-4-2-11(3-5-12)17-8-18-14(21)19-9-20;1-8(12(16)17)6-15-7-9-2-4-10(5-3-9)11(13)14/h1-9H,(H2,17,18,19,20,21);2-5,8,11,15H,6-7H2,1H3,(H,16,17). The van der Waals surface area contributed by atoms with Gasteiger partial charge in [0.15, 0.2) is 0 Å². The number of nitrogens with one attached hydrogen (secondary N) is 3. The van der Waals surface area contributed by atoms with Gasteiger partial charge in [0.05, 0.1) is 24.1 Å². The highest BCUT2D eigenvalue weighted by molar-refractivity contribution is 5.92. The molecule has 4 N–H and O–H groups in total. The van der Waals surface area contributed by atoms with Gasteiger partial charge in [-0.05, 0) is 35.9 Å². The summed E-state index contributed by atoms with van der Waals surface area (Å²) in [5.41, 5.74) is 1.41. The Bertz CT molecular complexity index is 1220. The van der Waals surface area contributed by atoms with E-state index < -0.39 is 30.2 Å². The van der Waals surface area contributed by atoms with Gasteiger partial charge in [0.2, 0.25) is 12.3 Å². The van der Waals surface area contributed by atoms with Crippen molar-refractivity contribution in [3.63, 3.8) is 0 Å². The van der Waals surface area contributed by atoms with Crippen molar-refractivity contribution in [3.8, 4) is 11.6 Å². The van der Waals surface area contributed by atoms with E-state index in [9.17, 15) is 27.6 Å². The van der Waals surface area contributed by atoms with Crippen LogP contribution in [0.15, 0.2) is 71.9 Å². The first-order valence-corrected chi connectivity index (χ1v) is 11.4. The normalized spacial score (nSPS) is 11.3. The second-order valence-corrected chi connectivity index (χ2v) is 7.82. The number of urea groups is 1. The number of carbonyl (C=O) groups is 3. The Labute approximate surface area is 221 Å². The molecule has 3 amide bonds. The molecule has 0 spiro atoms. The van der Waals surface area contributed by atoms with Crippen LogP contribution in [0.3, 0.4) is 0 Å². The SMILES string of the molecule is CC(CNCc1ccc(C(F)F)cc1)C(=O)O.O=CNC(=O)NC=Nc1ccc(Oc2ccc(F)cn2)cc1. The topological polar surface area (TPSA) is 142 Å². The van der Waals surface area contributed by atoms with Gasteiger partial charge in [-0.3, -0.25) is 20.2 Å². The first-order valence-electron chi connectivity index (χ1n) is 11.4. The number of imide groups is 1. The minimum Gasteiger partial charge on any atom is -0.481 e. The largest absolute Gasteiger partial charge is 0.481 e. The van der Waals surface area contributed by atoms with Crippen molar-refractivity contribution >= 4 is 30.4 Å². The van der Waals surface area contributed by atoms with E-state index in [0.717, 1.165) is 18.1 Å². The molecule has 3 rings (SSSR count). The number of benzene rings is 2. The first-order chi connectivity index (χ1) is 18.7. The molecule has 0 aliphatic carbocycles. The maximum Gasteiger partial charge on any atom is 0.326 e. The summed E-state index contributed by atoms with van der Waals surface area (Å²) in [6.45, 7) is 2.43. The maximum absolute atomic E-state index is 12.7. The molecule has 10 nitrogen and oxygen atoms in total. The van der Waals surface area contributed by atoms with E-state index in [4.69, 9.17) is 9.84 Å². The molecule has 206 valence electrons. The van der Waals surface area contributed by atoms with Crippen LogP contribution in [-0.4, -0.2) is 41.4 Å². The third kappa shape index (κ3) is 11.9. The summed E-state index contributed by atoms with van der Waals surface area (Å²) in [5.74, 6) is -0.987. The van der Waals surface area contributed by atoms with Gasteiger partial charge in [-0.15, -0.1) is 0 Å². The van der Waals surface area contributed by atoms with Crippen LogP contribution < -0.4 is 20.7 Å². The van der Waals surface area contributed by atoms with Crippen LogP contribution >= 0.6 is 0 Å². The van der Waals surface area contributed by atoms with Crippen molar-refractivity contribution in [2.75, 3.05) is 6.54 Å². The second-order valence-electron chi connectivity index (χ2n) is 7.82. The lowest BCUT2D eigenvalue weighted by atomic mass is 10.1. The number of carbonyl (C=O) groups excluding carboxylic acids is 2. The summed E-state index contributed by atoms with van der Waals surface area (Å²) < 4.78 is 42.7. The van der Waals surface area contributed by atoms with E-state index in [1.807, 2.05) is 5.32 Å². The van der Waals surface area contributed by atoms with Gasteiger partial charge in [0, 0.05) is 24.7 Å². The summed E-state index contributed by atoms with van der Waals surface area (Å²) in [6, 6.07) is 14.5. The maximum atomic E-state index is 12.7. The molecular weight excluding hydrogens is 519 g/mol. The number of carboxylic acids is 1. The number of rotatable bonds is 11. The molecule has 1 aromatic heterocycles. The Morgan fingerprint density at radius 3 is 2.31 bits per heavy atom. The molecule has 0 aliphatic rings. The molecule has 0 bridgehead atoms. The number of hydrogen-bond acceptors (Lipinski definition) is 7. The zero-order chi connectivity index (χ0) is 28.6. The monoisotopic (exact) mass is 545 g/mol. The number of ether oxygens (including phenoxy) is 1. The molecular formula is C26H26F3N5O5. The summed E-state index contributed by atoms with van der Waals surface area (Å²) in [7, 11) is 0. The summed E-state index contributed by atoms with van der Waals surface area (Å²) in [5, 5.41) is 15.8. The van der Waals surface area contributed by atoms with Gasteiger partial charge in [0.1, 0.15) is 11.6 Å². The van der Waals surface area contributed by atoms with E-state index in [1.54, 1.807) is 43.3 Å².